The summed E-state index contributed by atoms with van der Waals surface area (Å²) in [4.78, 5) is 0. The molecule has 45 heavy (non-hydrogen) atoms. The minimum atomic E-state index is 0.911. The van der Waals surface area contributed by atoms with Crippen molar-refractivity contribution in [2.24, 2.45) is 0 Å². The van der Waals surface area contributed by atoms with Crippen LogP contribution < -0.4 is 11.5 Å². The molecule has 4 aromatic rings. The standard InChI is InChI=1S/C43H58N2/c1-3-40-32-38(26-28-42(40)44)30-36-22-18-34(19-23-36)16-14-12-10-8-6-5-7-9-11-13-15-17-35-20-24-37(25-21-35)31-39-27-29-43(45)41(4-2)33-39/h18-29,32-33H,3-17,30-31,44-45H2,1-2H3. The highest BCUT2D eigenvalue weighted by atomic mass is 14.6. The lowest BCUT2D eigenvalue weighted by Crippen LogP contribution is -1.96. The summed E-state index contributed by atoms with van der Waals surface area (Å²) in [5, 5.41) is 0. The highest BCUT2D eigenvalue weighted by Crippen LogP contribution is 2.20. The summed E-state index contributed by atoms with van der Waals surface area (Å²) in [5.74, 6) is 0. The molecule has 4 rings (SSSR count). The molecule has 240 valence electrons. The van der Waals surface area contributed by atoms with E-state index in [9.17, 15) is 0 Å². The molecule has 0 radical (unpaired) electrons. The van der Waals surface area contributed by atoms with Crippen LogP contribution in [-0.2, 0) is 38.5 Å². The van der Waals surface area contributed by atoms with E-state index >= 15 is 0 Å². The molecule has 0 saturated carbocycles. The molecular weight excluding hydrogens is 544 g/mol. The molecule has 0 aliphatic heterocycles. The summed E-state index contributed by atoms with van der Waals surface area (Å²) in [5.41, 5.74) is 24.9. The second-order valence-electron chi connectivity index (χ2n) is 13.1. The van der Waals surface area contributed by atoms with Crippen molar-refractivity contribution in [2.75, 3.05) is 11.5 Å². The summed E-state index contributed by atoms with van der Waals surface area (Å²) < 4.78 is 0. The lowest BCUT2D eigenvalue weighted by Gasteiger charge is -2.08. The summed E-state index contributed by atoms with van der Waals surface area (Å²) >= 11 is 0. The third kappa shape index (κ3) is 12.1. The molecule has 0 heterocycles. The van der Waals surface area contributed by atoms with Gasteiger partial charge in [-0.1, -0.05) is 144 Å². The number of benzene rings is 4. The minimum Gasteiger partial charge on any atom is -0.399 e. The van der Waals surface area contributed by atoms with Gasteiger partial charge in [0.25, 0.3) is 0 Å². The first kappa shape index (κ1) is 34.4. The predicted octanol–water partition coefficient (Wildman–Crippen LogP) is 11.2. The van der Waals surface area contributed by atoms with Gasteiger partial charge in [-0.2, -0.15) is 0 Å². The summed E-state index contributed by atoms with van der Waals surface area (Å²) in [6.07, 6.45) is 21.5. The van der Waals surface area contributed by atoms with Crippen molar-refractivity contribution in [1.29, 1.82) is 0 Å². The number of unbranched alkanes of at least 4 members (excludes halogenated alkanes) is 10. The van der Waals surface area contributed by atoms with Gasteiger partial charge in [0.05, 0.1) is 0 Å². The SMILES string of the molecule is CCc1cc(Cc2ccc(CCCCCCCCCCCCCc3ccc(Cc4ccc(N)c(CC)c4)cc3)cc2)ccc1N. The molecule has 0 aliphatic carbocycles. The van der Waals surface area contributed by atoms with Crippen LogP contribution in [-0.4, -0.2) is 0 Å². The molecule has 0 amide bonds. The largest absolute Gasteiger partial charge is 0.399 e. The van der Waals surface area contributed by atoms with Crippen LogP contribution in [0, 0.1) is 0 Å². The third-order valence-corrected chi connectivity index (χ3v) is 9.47. The first-order valence-corrected chi connectivity index (χ1v) is 17.9. The molecule has 2 nitrogen and oxygen atoms in total. The topological polar surface area (TPSA) is 52.0 Å². The van der Waals surface area contributed by atoms with E-state index in [1.807, 2.05) is 0 Å². The van der Waals surface area contributed by atoms with E-state index in [1.165, 1.54) is 128 Å². The number of hydrogen-bond donors (Lipinski definition) is 2. The van der Waals surface area contributed by atoms with Gasteiger partial charge in [0.1, 0.15) is 0 Å². The van der Waals surface area contributed by atoms with Crippen molar-refractivity contribution in [3.63, 3.8) is 0 Å². The van der Waals surface area contributed by atoms with E-state index in [1.54, 1.807) is 0 Å². The van der Waals surface area contributed by atoms with Gasteiger partial charge in [-0.05, 0) is 108 Å². The van der Waals surface area contributed by atoms with Gasteiger partial charge in [0.15, 0.2) is 0 Å². The number of anilines is 2. The van der Waals surface area contributed by atoms with Gasteiger partial charge in [-0.25, -0.2) is 0 Å². The number of aryl methyl sites for hydroxylation is 4. The molecule has 0 aromatic heterocycles. The highest BCUT2D eigenvalue weighted by molar-refractivity contribution is 5.50. The van der Waals surface area contributed by atoms with Gasteiger partial charge < -0.3 is 11.5 Å². The maximum atomic E-state index is 6.07. The van der Waals surface area contributed by atoms with Crippen molar-refractivity contribution in [2.45, 2.75) is 123 Å². The molecule has 0 atom stereocenters. The van der Waals surface area contributed by atoms with Crippen molar-refractivity contribution in [1.82, 2.24) is 0 Å². The average Bonchev–Trinajstić information content (AvgIpc) is 3.06. The van der Waals surface area contributed by atoms with E-state index < -0.39 is 0 Å². The normalized spacial score (nSPS) is 11.2. The Labute approximate surface area is 274 Å². The highest BCUT2D eigenvalue weighted by Gasteiger charge is 2.04. The molecule has 2 heteroatoms. The Hall–Kier alpha value is -3.52. The lowest BCUT2D eigenvalue weighted by molar-refractivity contribution is 0.545. The molecule has 0 bridgehead atoms. The van der Waals surface area contributed by atoms with E-state index in [4.69, 9.17) is 11.5 Å². The Morgan fingerprint density at radius 1 is 0.356 bits per heavy atom. The van der Waals surface area contributed by atoms with E-state index in [0.717, 1.165) is 37.1 Å². The molecule has 0 aliphatic rings. The summed E-state index contributed by atoms with van der Waals surface area (Å²) in [6, 6.07) is 31.5. The molecule has 4 N–H and O–H groups in total. The van der Waals surface area contributed by atoms with Crippen LogP contribution >= 0.6 is 0 Å². The number of nitrogens with two attached hydrogens (primary N) is 2. The Bertz CT molecular complexity index is 1290. The molecule has 0 saturated heterocycles. The lowest BCUT2D eigenvalue weighted by atomic mass is 9.98. The predicted molar refractivity (Wildman–Crippen MR) is 197 cm³/mol. The third-order valence-electron chi connectivity index (χ3n) is 9.47. The smallest absolute Gasteiger partial charge is 0.0346 e. The first-order valence-electron chi connectivity index (χ1n) is 17.9. The molecule has 0 spiro atoms. The van der Waals surface area contributed by atoms with Gasteiger partial charge >= 0.3 is 0 Å². The minimum absolute atomic E-state index is 0.911. The van der Waals surface area contributed by atoms with Gasteiger partial charge in [-0.15, -0.1) is 0 Å². The van der Waals surface area contributed by atoms with E-state index in [0.29, 0.717) is 0 Å². The quantitative estimate of drug-likeness (QED) is 0.0781. The zero-order chi connectivity index (χ0) is 31.7. The second kappa shape index (κ2) is 19.1. The molecule has 0 unspecified atom stereocenters. The Kier molecular flexibility index (Phi) is 14.6. The number of nitrogen functional groups attached to an aromatic ring is 2. The molecule has 4 aromatic carbocycles. The van der Waals surface area contributed by atoms with Crippen molar-refractivity contribution in [3.05, 3.63) is 129 Å². The van der Waals surface area contributed by atoms with Gasteiger partial charge in [0.2, 0.25) is 0 Å². The fourth-order valence-corrected chi connectivity index (χ4v) is 6.52. The Morgan fingerprint density at radius 3 is 0.978 bits per heavy atom. The van der Waals surface area contributed by atoms with Crippen molar-refractivity contribution < 1.29 is 0 Å². The van der Waals surface area contributed by atoms with Crippen LogP contribution in [0.5, 0.6) is 0 Å². The van der Waals surface area contributed by atoms with Crippen LogP contribution in [0.4, 0.5) is 11.4 Å². The maximum absolute atomic E-state index is 6.07. The van der Waals surface area contributed by atoms with Gasteiger partial charge in [0, 0.05) is 11.4 Å². The van der Waals surface area contributed by atoms with E-state index in [-0.39, 0.29) is 0 Å². The molecule has 0 fully saturated rings. The number of rotatable bonds is 20. The molecular formula is C43H58N2. The Balaban J connectivity index is 0.967. The van der Waals surface area contributed by atoms with Crippen molar-refractivity contribution >= 4 is 11.4 Å². The number of hydrogen-bond acceptors (Lipinski definition) is 2. The monoisotopic (exact) mass is 602 g/mol. The van der Waals surface area contributed by atoms with Crippen LogP contribution in [0.1, 0.15) is 129 Å². The summed E-state index contributed by atoms with van der Waals surface area (Å²) in [6.45, 7) is 4.34. The zero-order valence-electron chi connectivity index (χ0n) is 28.3. The van der Waals surface area contributed by atoms with Crippen LogP contribution in [0.2, 0.25) is 0 Å². The zero-order valence-corrected chi connectivity index (χ0v) is 28.3. The Morgan fingerprint density at radius 2 is 0.644 bits per heavy atom. The average molecular weight is 603 g/mol. The van der Waals surface area contributed by atoms with Gasteiger partial charge in [-0.3, -0.25) is 0 Å². The van der Waals surface area contributed by atoms with Crippen LogP contribution in [0.15, 0.2) is 84.9 Å². The maximum Gasteiger partial charge on any atom is 0.0346 e. The second-order valence-corrected chi connectivity index (χ2v) is 13.1. The first-order chi connectivity index (χ1) is 22.0. The van der Waals surface area contributed by atoms with E-state index in [2.05, 4.69) is 98.8 Å². The van der Waals surface area contributed by atoms with Crippen molar-refractivity contribution in [3.8, 4) is 0 Å². The van der Waals surface area contributed by atoms with Crippen LogP contribution in [0.3, 0.4) is 0 Å². The fraction of sp³-hybridized carbons (Fsp3) is 0.442. The summed E-state index contributed by atoms with van der Waals surface area (Å²) in [7, 11) is 0. The fourth-order valence-electron chi connectivity index (χ4n) is 6.52. The van der Waals surface area contributed by atoms with Crippen LogP contribution in [0.25, 0.3) is 0 Å².